The van der Waals surface area contributed by atoms with Gasteiger partial charge in [-0.25, -0.2) is 0 Å². The highest BCUT2D eigenvalue weighted by molar-refractivity contribution is 5.02. The van der Waals surface area contributed by atoms with Crippen LogP contribution in [-0.4, -0.2) is 45.0 Å². The standard InChI is InChI=1S/C16H28N4O2/c17-14-7-6-13(22-16(14)11-21)8-9-20-10-15(18-19-20)12-4-2-1-3-5-12/h10,12-14,16,21H,1-9,11,17H2/t13-,14+,16-/m1/s1. The van der Waals surface area contributed by atoms with Crippen molar-refractivity contribution in [1.29, 1.82) is 0 Å². The number of nitrogens with two attached hydrogens (primary N) is 1. The van der Waals surface area contributed by atoms with Gasteiger partial charge in [-0.05, 0) is 32.1 Å². The number of hydrogen-bond acceptors (Lipinski definition) is 5. The number of nitrogens with zero attached hydrogens (tertiary/aromatic N) is 3. The van der Waals surface area contributed by atoms with E-state index < -0.39 is 0 Å². The Morgan fingerprint density at radius 2 is 2.05 bits per heavy atom. The Morgan fingerprint density at radius 1 is 1.23 bits per heavy atom. The minimum atomic E-state index is -0.215. The Kier molecular flexibility index (Phi) is 5.44. The molecule has 1 aromatic heterocycles. The van der Waals surface area contributed by atoms with Crippen LogP contribution in [0.3, 0.4) is 0 Å². The number of aliphatic hydroxyl groups is 1. The molecule has 2 heterocycles. The molecule has 3 rings (SSSR count). The maximum atomic E-state index is 9.28. The molecule has 0 radical (unpaired) electrons. The van der Waals surface area contributed by atoms with E-state index in [1.165, 1.54) is 32.1 Å². The number of ether oxygens (including phenoxy) is 1. The normalized spacial score (nSPS) is 30.5. The van der Waals surface area contributed by atoms with Gasteiger partial charge in [-0.15, -0.1) is 5.10 Å². The first-order valence-corrected chi connectivity index (χ1v) is 8.68. The highest BCUT2D eigenvalue weighted by Crippen LogP contribution is 2.31. The lowest BCUT2D eigenvalue weighted by atomic mass is 9.87. The number of hydrogen-bond donors (Lipinski definition) is 2. The summed E-state index contributed by atoms with van der Waals surface area (Å²) >= 11 is 0. The Morgan fingerprint density at radius 3 is 2.82 bits per heavy atom. The van der Waals surface area contributed by atoms with Gasteiger partial charge in [0.1, 0.15) is 0 Å². The van der Waals surface area contributed by atoms with Gasteiger partial charge >= 0.3 is 0 Å². The fourth-order valence-corrected chi connectivity index (χ4v) is 3.66. The van der Waals surface area contributed by atoms with Gasteiger partial charge in [-0.2, -0.15) is 0 Å². The van der Waals surface area contributed by atoms with Crippen molar-refractivity contribution in [2.24, 2.45) is 5.73 Å². The van der Waals surface area contributed by atoms with Gasteiger partial charge in [0.2, 0.25) is 0 Å². The van der Waals surface area contributed by atoms with Gasteiger partial charge < -0.3 is 15.6 Å². The highest BCUT2D eigenvalue weighted by Gasteiger charge is 2.28. The van der Waals surface area contributed by atoms with E-state index in [1.54, 1.807) is 0 Å². The van der Waals surface area contributed by atoms with Crippen LogP contribution in [0, 0.1) is 0 Å². The van der Waals surface area contributed by atoms with E-state index in [0.717, 1.165) is 31.5 Å². The second-order valence-corrected chi connectivity index (χ2v) is 6.75. The molecule has 2 fully saturated rings. The molecule has 0 amide bonds. The van der Waals surface area contributed by atoms with Crippen molar-refractivity contribution in [1.82, 2.24) is 15.0 Å². The highest BCUT2D eigenvalue weighted by atomic mass is 16.5. The van der Waals surface area contributed by atoms with Crippen LogP contribution in [0.4, 0.5) is 0 Å². The Balaban J connectivity index is 1.48. The molecule has 1 saturated carbocycles. The van der Waals surface area contributed by atoms with E-state index in [4.69, 9.17) is 10.5 Å². The smallest absolute Gasteiger partial charge is 0.0959 e. The number of aliphatic hydroxyl groups excluding tert-OH is 1. The SMILES string of the molecule is N[C@H]1CC[C@H](CCn2cc(C3CCCCC3)nn2)O[C@@H]1CO. The van der Waals surface area contributed by atoms with Crippen LogP contribution in [-0.2, 0) is 11.3 Å². The van der Waals surface area contributed by atoms with Crippen LogP contribution in [0.25, 0.3) is 0 Å². The molecule has 1 aromatic rings. The predicted molar refractivity (Wildman–Crippen MR) is 83.4 cm³/mol. The number of aryl methyl sites for hydroxylation is 1. The lowest BCUT2D eigenvalue weighted by molar-refractivity contribution is -0.0861. The largest absolute Gasteiger partial charge is 0.394 e. The van der Waals surface area contributed by atoms with Gasteiger partial charge in [0, 0.05) is 24.7 Å². The molecule has 0 spiro atoms. The molecule has 6 nitrogen and oxygen atoms in total. The zero-order valence-electron chi connectivity index (χ0n) is 13.2. The van der Waals surface area contributed by atoms with Gasteiger partial charge in [-0.3, -0.25) is 4.68 Å². The maximum Gasteiger partial charge on any atom is 0.0959 e. The van der Waals surface area contributed by atoms with Crippen LogP contribution in [0.1, 0.15) is 63.0 Å². The average molecular weight is 308 g/mol. The molecule has 1 aliphatic carbocycles. The summed E-state index contributed by atoms with van der Waals surface area (Å²) in [5, 5.41) is 17.9. The summed E-state index contributed by atoms with van der Waals surface area (Å²) in [6.07, 6.45) is 11.3. The molecule has 0 aromatic carbocycles. The summed E-state index contributed by atoms with van der Waals surface area (Å²) in [5.74, 6) is 0.602. The summed E-state index contributed by atoms with van der Waals surface area (Å²) < 4.78 is 7.80. The van der Waals surface area contributed by atoms with Gasteiger partial charge in [0.05, 0.1) is 24.5 Å². The molecule has 22 heavy (non-hydrogen) atoms. The predicted octanol–water partition coefficient (Wildman–Crippen LogP) is 1.58. The first-order chi connectivity index (χ1) is 10.8. The van der Waals surface area contributed by atoms with Crippen molar-refractivity contribution in [3.05, 3.63) is 11.9 Å². The Hall–Kier alpha value is -0.980. The number of rotatable bonds is 5. The van der Waals surface area contributed by atoms with Gasteiger partial charge in [-0.1, -0.05) is 24.5 Å². The fourth-order valence-electron chi connectivity index (χ4n) is 3.66. The topological polar surface area (TPSA) is 86.2 Å². The monoisotopic (exact) mass is 308 g/mol. The third-order valence-corrected chi connectivity index (χ3v) is 5.11. The molecule has 1 aliphatic heterocycles. The van der Waals surface area contributed by atoms with Crippen LogP contribution in [0.15, 0.2) is 6.20 Å². The zero-order chi connectivity index (χ0) is 15.4. The second-order valence-electron chi connectivity index (χ2n) is 6.75. The molecule has 0 unspecified atom stereocenters. The van der Waals surface area contributed by atoms with Gasteiger partial charge in [0.25, 0.3) is 0 Å². The summed E-state index contributed by atoms with van der Waals surface area (Å²) in [5.41, 5.74) is 7.08. The minimum Gasteiger partial charge on any atom is -0.394 e. The third-order valence-electron chi connectivity index (χ3n) is 5.11. The first kappa shape index (κ1) is 15.9. The van der Waals surface area contributed by atoms with Crippen LogP contribution in [0.2, 0.25) is 0 Å². The van der Waals surface area contributed by atoms with Crippen molar-refractivity contribution >= 4 is 0 Å². The molecular weight excluding hydrogens is 280 g/mol. The van der Waals surface area contributed by atoms with Crippen LogP contribution >= 0.6 is 0 Å². The van der Waals surface area contributed by atoms with E-state index in [0.29, 0.717) is 5.92 Å². The minimum absolute atomic E-state index is 0.00677. The van der Waals surface area contributed by atoms with E-state index in [1.807, 2.05) is 4.68 Å². The Bertz CT molecular complexity index is 459. The van der Waals surface area contributed by atoms with E-state index >= 15 is 0 Å². The molecule has 2 aliphatic rings. The summed E-state index contributed by atoms with van der Waals surface area (Å²) in [6.45, 7) is 0.824. The summed E-state index contributed by atoms with van der Waals surface area (Å²) in [7, 11) is 0. The van der Waals surface area contributed by atoms with Crippen LogP contribution < -0.4 is 5.73 Å². The molecule has 6 heteroatoms. The molecular formula is C16H28N4O2. The molecule has 124 valence electrons. The van der Waals surface area contributed by atoms with Crippen molar-refractivity contribution in [3.8, 4) is 0 Å². The maximum absolute atomic E-state index is 9.28. The zero-order valence-corrected chi connectivity index (χ0v) is 13.2. The second kappa shape index (κ2) is 7.53. The van der Waals surface area contributed by atoms with E-state index in [2.05, 4.69) is 16.5 Å². The van der Waals surface area contributed by atoms with Crippen molar-refractivity contribution < 1.29 is 9.84 Å². The van der Waals surface area contributed by atoms with Crippen LogP contribution in [0.5, 0.6) is 0 Å². The quantitative estimate of drug-likeness (QED) is 0.862. The summed E-state index contributed by atoms with van der Waals surface area (Å²) in [4.78, 5) is 0. The van der Waals surface area contributed by atoms with Crippen molar-refractivity contribution in [2.75, 3.05) is 6.61 Å². The number of aromatic nitrogens is 3. The van der Waals surface area contributed by atoms with E-state index in [-0.39, 0.29) is 24.9 Å². The first-order valence-electron chi connectivity index (χ1n) is 8.68. The molecule has 1 saturated heterocycles. The molecule has 3 N–H and O–H groups in total. The fraction of sp³-hybridized carbons (Fsp3) is 0.875. The molecule has 0 bridgehead atoms. The Labute approximate surface area is 132 Å². The van der Waals surface area contributed by atoms with Gasteiger partial charge in [0.15, 0.2) is 0 Å². The van der Waals surface area contributed by atoms with E-state index in [9.17, 15) is 5.11 Å². The lowest BCUT2D eigenvalue weighted by Crippen LogP contribution is -2.46. The lowest BCUT2D eigenvalue weighted by Gasteiger charge is -2.33. The third kappa shape index (κ3) is 3.86. The average Bonchev–Trinajstić information content (AvgIpc) is 3.04. The van der Waals surface area contributed by atoms with Crippen molar-refractivity contribution in [2.45, 2.75) is 82.1 Å². The summed E-state index contributed by atoms with van der Waals surface area (Å²) in [6, 6.07) is -0.0366. The van der Waals surface area contributed by atoms with Crippen molar-refractivity contribution in [3.63, 3.8) is 0 Å². The molecule has 3 atom stereocenters.